The van der Waals surface area contributed by atoms with E-state index in [2.05, 4.69) is 36.9 Å². The van der Waals surface area contributed by atoms with Gasteiger partial charge >= 0.3 is 0 Å². The molecular formula is C10H12ClN5O. The van der Waals surface area contributed by atoms with E-state index in [1.165, 1.54) is 12.7 Å². The van der Waals surface area contributed by atoms with E-state index in [1.807, 2.05) is 0 Å². The van der Waals surface area contributed by atoms with Crippen LogP contribution in [0.25, 0.3) is 0 Å². The zero-order chi connectivity index (χ0) is 12.1. The van der Waals surface area contributed by atoms with Gasteiger partial charge < -0.3 is 9.84 Å². The van der Waals surface area contributed by atoms with Crippen LogP contribution in [0.15, 0.2) is 17.2 Å². The number of aromatic nitrogens is 4. The van der Waals surface area contributed by atoms with E-state index in [0.717, 1.165) is 24.2 Å². The summed E-state index contributed by atoms with van der Waals surface area (Å²) >= 11 is 6.03. The molecule has 1 N–H and O–H groups in total. The molecule has 17 heavy (non-hydrogen) atoms. The van der Waals surface area contributed by atoms with Crippen molar-refractivity contribution in [3.8, 4) is 0 Å². The van der Waals surface area contributed by atoms with E-state index in [1.54, 1.807) is 0 Å². The predicted molar refractivity (Wildman–Crippen MR) is 62.7 cm³/mol. The van der Waals surface area contributed by atoms with E-state index < -0.39 is 0 Å². The van der Waals surface area contributed by atoms with E-state index in [-0.39, 0.29) is 0 Å². The van der Waals surface area contributed by atoms with Gasteiger partial charge in [-0.15, -0.1) is 0 Å². The second kappa shape index (κ2) is 5.58. The van der Waals surface area contributed by atoms with Crippen LogP contribution in [0.1, 0.15) is 24.7 Å². The molecule has 0 saturated carbocycles. The summed E-state index contributed by atoms with van der Waals surface area (Å²) in [4.78, 5) is 12.0. The lowest BCUT2D eigenvalue weighted by molar-refractivity contribution is 0.411. The van der Waals surface area contributed by atoms with Crippen molar-refractivity contribution in [2.75, 3.05) is 5.32 Å². The summed E-state index contributed by atoms with van der Waals surface area (Å²) < 4.78 is 4.64. The average Bonchev–Trinajstić information content (AvgIpc) is 2.83. The Balaban J connectivity index is 2.11. The lowest BCUT2D eigenvalue weighted by Gasteiger charge is -2.09. The summed E-state index contributed by atoms with van der Waals surface area (Å²) in [5, 5.41) is 7.31. The highest BCUT2D eigenvalue weighted by Gasteiger charge is 2.09. The first-order valence-electron chi connectivity index (χ1n) is 5.29. The van der Waals surface area contributed by atoms with E-state index in [4.69, 9.17) is 11.6 Å². The number of anilines is 1. The van der Waals surface area contributed by atoms with Gasteiger partial charge in [0.15, 0.2) is 5.82 Å². The third-order valence-electron chi connectivity index (χ3n) is 2.21. The summed E-state index contributed by atoms with van der Waals surface area (Å²) in [6.07, 6.45) is 4.52. The lowest BCUT2D eigenvalue weighted by atomic mass is 10.2. The van der Waals surface area contributed by atoms with Gasteiger partial charge in [-0.05, 0) is 6.42 Å². The monoisotopic (exact) mass is 253 g/mol. The number of nitrogens with zero attached hydrogens (tertiary/aromatic N) is 4. The molecule has 0 aliphatic carbocycles. The normalized spacial score (nSPS) is 10.5. The SMILES string of the molecule is CCCc1c(Cl)ncnc1NCc1ncon1. The predicted octanol–water partition coefficient (Wildman–Crippen LogP) is 2.08. The van der Waals surface area contributed by atoms with Crippen molar-refractivity contribution in [2.45, 2.75) is 26.3 Å². The highest BCUT2D eigenvalue weighted by atomic mass is 35.5. The molecule has 0 fully saturated rings. The zero-order valence-corrected chi connectivity index (χ0v) is 10.1. The molecule has 0 aromatic carbocycles. The summed E-state index contributed by atoms with van der Waals surface area (Å²) in [6.45, 7) is 2.52. The molecule has 2 heterocycles. The van der Waals surface area contributed by atoms with Crippen LogP contribution in [-0.2, 0) is 13.0 Å². The fourth-order valence-electron chi connectivity index (χ4n) is 1.45. The van der Waals surface area contributed by atoms with Gasteiger partial charge in [0.2, 0.25) is 6.39 Å². The van der Waals surface area contributed by atoms with Crippen molar-refractivity contribution in [2.24, 2.45) is 0 Å². The zero-order valence-electron chi connectivity index (χ0n) is 9.35. The highest BCUT2D eigenvalue weighted by molar-refractivity contribution is 6.30. The van der Waals surface area contributed by atoms with Gasteiger partial charge in [-0.3, -0.25) is 0 Å². The van der Waals surface area contributed by atoms with Crippen LogP contribution >= 0.6 is 11.6 Å². The van der Waals surface area contributed by atoms with Crippen molar-refractivity contribution in [3.05, 3.63) is 29.3 Å². The molecule has 0 atom stereocenters. The Labute approximate surface area is 103 Å². The van der Waals surface area contributed by atoms with Crippen molar-refractivity contribution < 1.29 is 4.52 Å². The molecule has 0 amide bonds. The Bertz CT molecular complexity index is 474. The van der Waals surface area contributed by atoms with Gasteiger partial charge in [0.1, 0.15) is 17.3 Å². The molecule has 0 radical (unpaired) electrons. The van der Waals surface area contributed by atoms with Crippen LogP contribution < -0.4 is 5.32 Å². The van der Waals surface area contributed by atoms with Crippen LogP contribution in [0.4, 0.5) is 5.82 Å². The molecule has 0 bridgehead atoms. The van der Waals surface area contributed by atoms with Crippen molar-refractivity contribution in [1.29, 1.82) is 0 Å². The summed E-state index contributed by atoms with van der Waals surface area (Å²) in [6, 6.07) is 0. The van der Waals surface area contributed by atoms with E-state index in [9.17, 15) is 0 Å². The first-order chi connectivity index (χ1) is 8.31. The highest BCUT2D eigenvalue weighted by Crippen LogP contribution is 2.21. The minimum absolute atomic E-state index is 0.445. The van der Waals surface area contributed by atoms with Crippen molar-refractivity contribution >= 4 is 17.4 Å². The first-order valence-corrected chi connectivity index (χ1v) is 5.67. The minimum Gasteiger partial charge on any atom is -0.362 e. The summed E-state index contributed by atoms with van der Waals surface area (Å²) in [5.41, 5.74) is 0.917. The number of hydrogen-bond acceptors (Lipinski definition) is 6. The third kappa shape index (κ3) is 2.91. The van der Waals surface area contributed by atoms with Crippen molar-refractivity contribution in [3.63, 3.8) is 0 Å². The Hall–Kier alpha value is -1.69. The second-order valence-corrected chi connectivity index (χ2v) is 3.80. The summed E-state index contributed by atoms with van der Waals surface area (Å²) in [7, 11) is 0. The lowest BCUT2D eigenvalue weighted by Crippen LogP contribution is -2.07. The molecule has 0 unspecified atom stereocenters. The van der Waals surface area contributed by atoms with Gasteiger partial charge in [-0.25, -0.2) is 9.97 Å². The number of nitrogens with one attached hydrogen (secondary N) is 1. The topological polar surface area (TPSA) is 76.7 Å². The fourth-order valence-corrected chi connectivity index (χ4v) is 1.68. The minimum atomic E-state index is 0.445. The third-order valence-corrected chi connectivity index (χ3v) is 2.54. The number of rotatable bonds is 5. The maximum atomic E-state index is 6.03. The molecule has 6 nitrogen and oxygen atoms in total. The molecule has 0 saturated heterocycles. The van der Waals surface area contributed by atoms with Crippen molar-refractivity contribution in [1.82, 2.24) is 20.1 Å². The molecule has 0 spiro atoms. The average molecular weight is 254 g/mol. The van der Waals surface area contributed by atoms with Crippen LogP contribution in [0.3, 0.4) is 0 Å². The Morgan fingerprint density at radius 3 is 2.94 bits per heavy atom. The molecule has 2 aromatic rings. The largest absolute Gasteiger partial charge is 0.362 e. The van der Waals surface area contributed by atoms with Crippen LogP contribution in [0.2, 0.25) is 5.15 Å². The molecule has 90 valence electrons. The van der Waals surface area contributed by atoms with E-state index in [0.29, 0.717) is 17.5 Å². The second-order valence-electron chi connectivity index (χ2n) is 3.44. The molecule has 2 aromatic heterocycles. The van der Waals surface area contributed by atoms with Crippen LogP contribution in [-0.4, -0.2) is 20.1 Å². The van der Waals surface area contributed by atoms with Crippen LogP contribution in [0.5, 0.6) is 0 Å². The van der Waals surface area contributed by atoms with Gasteiger partial charge in [-0.1, -0.05) is 30.1 Å². The maximum absolute atomic E-state index is 6.03. The fraction of sp³-hybridized carbons (Fsp3) is 0.400. The standard InChI is InChI=1S/C10H12ClN5O/c1-2-3-7-9(11)13-5-14-10(7)12-4-8-15-6-17-16-8/h5-6H,2-4H2,1H3,(H,12,13,14). The van der Waals surface area contributed by atoms with Crippen LogP contribution in [0, 0.1) is 0 Å². The van der Waals surface area contributed by atoms with Gasteiger partial charge in [-0.2, -0.15) is 4.98 Å². The Kier molecular flexibility index (Phi) is 3.87. The first kappa shape index (κ1) is 11.8. The number of halogens is 1. The molecular weight excluding hydrogens is 242 g/mol. The quantitative estimate of drug-likeness (QED) is 0.822. The van der Waals surface area contributed by atoms with Gasteiger partial charge in [0, 0.05) is 5.56 Å². The summed E-state index contributed by atoms with van der Waals surface area (Å²) in [5.74, 6) is 1.29. The molecule has 7 heteroatoms. The number of hydrogen-bond donors (Lipinski definition) is 1. The maximum Gasteiger partial charge on any atom is 0.213 e. The van der Waals surface area contributed by atoms with Gasteiger partial charge in [0.05, 0.1) is 6.54 Å². The Morgan fingerprint density at radius 2 is 2.24 bits per heavy atom. The Morgan fingerprint density at radius 1 is 1.35 bits per heavy atom. The molecule has 2 rings (SSSR count). The van der Waals surface area contributed by atoms with Gasteiger partial charge in [0.25, 0.3) is 0 Å². The molecule has 0 aliphatic heterocycles. The molecule has 0 aliphatic rings. The van der Waals surface area contributed by atoms with E-state index >= 15 is 0 Å². The smallest absolute Gasteiger partial charge is 0.213 e.